The summed E-state index contributed by atoms with van der Waals surface area (Å²) in [5.74, 6) is 1.57. The van der Waals surface area contributed by atoms with Crippen LogP contribution >= 0.6 is 11.8 Å². The third-order valence-corrected chi connectivity index (χ3v) is 5.38. The van der Waals surface area contributed by atoms with Crippen molar-refractivity contribution in [1.29, 1.82) is 0 Å². The lowest BCUT2D eigenvalue weighted by atomic mass is 10.1. The second-order valence-corrected chi connectivity index (χ2v) is 6.70. The van der Waals surface area contributed by atoms with Crippen molar-refractivity contribution in [3.8, 4) is 5.75 Å². The summed E-state index contributed by atoms with van der Waals surface area (Å²) in [6.07, 6.45) is 1.03. The molecule has 1 atom stereocenters. The molecule has 1 unspecified atom stereocenters. The van der Waals surface area contributed by atoms with E-state index in [-0.39, 0.29) is 11.3 Å². The van der Waals surface area contributed by atoms with Gasteiger partial charge in [-0.2, -0.15) is 0 Å². The number of benzene rings is 2. The molecule has 0 saturated carbocycles. The predicted octanol–water partition coefficient (Wildman–Crippen LogP) is 4.03. The van der Waals surface area contributed by atoms with Gasteiger partial charge in [0, 0.05) is 6.54 Å². The number of hydrogen-bond donors (Lipinski definition) is 0. The third-order valence-electron chi connectivity index (χ3n) is 4.13. The number of amides is 1. The molecule has 0 aliphatic carbocycles. The summed E-state index contributed by atoms with van der Waals surface area (Å²) < 4.78 is 5.27. The van der Waals surface area contributed by atoms with Gasteiger partial charge < -0.3 is 9.64 Å². The summed E-state index contributed by atoms with van der Waals surface area (Å²) in [6.45, 7) is 2.77. The van der Waals surface area contributed by atoms with Crippen molar-refractivity contribution in [3.05, 3.63) is 65.2 Å². The largest absolute Gasteiger partial charge is 0.497 e. The second-order valence-electron chi connectivity index (χ2n) is 5.63. The number of carbonyl (C=O) groups is 1. The quantitative estimate of drug-likeness (QED) is 0.830. The van der Waals surface area contributed by atoms with Crippen molar-refractivity contribution in [2.45, 2.75) is 25.3 Å². The number of thioether (sulfide) groups is 1. The molecule has 2 aromatic carbocycles. The molecule has 0 N–H and O–H groups in total. The molecule has 0 radical (unpaired) electrons. The Hall–Kier alpha value is -1.94. The van der Waals surface area contributed by atoms with E-state index in [2.05, 4.69) is 31.2 Å². The Labute approximate surface area is 141 Å². The minimum Gasteiger partial charge on any atom is -0.497 e. The SMILES string of the molecule is CCc1ccc(C2SCC(=O)N2Cc2cccc(OC)c2)cc1. The molecule has 3 rings (SSSR count). The molecule has 1 amide bonds. The lowest BCUT2D eigenvalue weighted by molar-refractivity contribution is -0.128. The standard InChI is InChI=1S/C19H21NO2S/c1-3-14-7-9-16(10-8-14)19-20(18(21)13-23-19)12-15-5-4-6-17(11-15)22-2/h4-11,19H,3,12-13H2,1-2H3. The maximum atomic E-state index is 12.3. The van der Waals surface area contributed by atoms with Gasteiger partial charge in [0.2, 0.25) is 5.91 Å². The smallest absolute Gasteiger partial charge is 0.234 e. The van der Waals surface area contributed by atoms with E-state index in [0.29, 0.717) is 12.3 Å². The van der Waals surface area contributed by atoms with Gasteiger partial charge in [-0.25, -0.2) is 0 Å². The van der Waals surface area contributed by atoms with E-state index in [4.69, 9.17) is 4.74 Å². The van der Waals surface area contributed by atoms with E-state index in [1.54, 1.807) is 18.9 Å². The Morgan fingerprint density at radius 2 is 1.96 bits per heavy atom. The van der Waals surface area contributed by atoms with Gasteiger partial charge in [-0.05, 0) is 35.2 Å². The molecule has 23 heavy (non-hydrogen) atoms. The molecule has 0 bridgehead atoms. The van der Waals surface area contributed by atoms with Gasteiger partial charge in [-0.3, -0.25) is 4.79 Å². The molecule has 3 nitrogen and oxygen atoms in total. The van der Waals surface area contributed by atoms with Gasteiger partial charge in [-0.1, -0.05) is 43.3 Å². The highest BCUT2D eigenvalue weighted by molar-refractivity contribution is 8.00. The first-order chi connectivity index (χ1) is 11.2. The zero-order valence-corrected chi connectivity index (χ0v) is 14.3. The van der Waals surface area contributed by atoms with E-state index in [9.17, 15) is 4.79 Å². The summed E-state index contributed by atoms with van der Waals surface area (Å²) in [4.78, 5) is 14.3. The van der Waals surface area contributed by atoms with Gasteiger partial charge in [0.1, 0.15) is 11.1 Å². The first-order valence-corrected chi connectivity index (χ1v) is 8.89. The average molecular weight is 327 g/mol. The van der Waals surface area contributed by atoms with E-state index < -0.39 is 0 Å². The summed E-state index contributed by atoms with van der Waals surface area (Å²) in [6, 6.07) is 16.5. The number of hydrogen-bond acceptors (Lipinski definition) is 3. The van der Waals surface area contributed by atoms with Crippen LogP contribution in [0.15, 0.2) is 48.5 Å². The number of ether oxygens (including phenoxy) is 1. The van der Waals surface area contributed by atoms with Crippen LogP contribution in [0.3, 0.4) is 0 Å². The van der Waals surface area contributed by atoms with E-state index in [1.807, 2.05) is 29.2 Å². The topological polar surface area (TPSA) is 29.5 Å². The zero-order valence-electron chi connectivity index (χ0n) is 13.5. The molecule has 1 heterocycles. The van der Waals surface area contributed by atoms with Crippen molar-refractivity contribution < 1.29 is 9.53 Å². The number of methoxy groups -OCH3 is 1. The zero-order chi connectivity index (χ0) is 16.2. The highest BCUT2D eigenvalue weighted by Crippen LogP contribution is 2.39. The minimum atomic E-state index is 0.0969. The molecule has 120 valence electrons. The molecular weight excluding hydrogens is 306 g/mol. The molecular formula is C19H21NO2S. The maximum absolute atomic E-state index is 12.3. The second kappa shape index (κ2) is 7.09. The molecule has 1 saturated heterocycles. The number of carbonyl (C=O) groups excluding carboxylic acids is 1. The highest BCUT2D eigenvalue weighted by atomic mass is 32.2. The summed E-state index contributed by atoms with van der Waals surface area (Å²) in [5, 5.41) is 0.0969. The average Bonchev–Trinajstić information content (AvgIpc) is 2.96. The van der Waals surface area contributed by atoms with Crippen molar-refractivity contribution in [3.63, 3.8) is 0 Å². The van der Waals surface area contributed by atoms with Gasteiger partial charge in [0.25, 0.3) is 0 Å². The molecule has 2 aromatic rings. The predicted molar refractivity (Wildman–Crippen MR) is 94.6 cm³/mol. The van der Waals surface area contributed by atoms with Crippen molar-refractivity contribution in [2.24, 2.45) is 0 Å². The highest BCUT2D eigenvalue weighted by Gasteiger charge is 2.32. The number of aryl methyl sites for hydroxylation is 1. The Kier molecular flexibility index (Phi) is 4.91. The van der Waals surface area contributed by atoms with Crippen LogP contribution in [0.5, 0.6) is 5.75 Å². The normalized spacial score (nSPS) is 17.6. The fourth-order valence-electron chi connectivity index (χ4n) is 2.79. The van der Waals surface area contributed by atoms with Crippen LogP contribution in [-0.2, 0) is 17.8 Å². The Balaban J connectivity index is 1.81. The molecule has 0 aromatic heterocycles. The van der Waals surface area contributed by atoms with E-state index in [1.165, 1.54) is 11.1 Å². The van der Waals surface area contributed by atoms with E-state index >= 15 is 0 Å². The van der Waals surface area contributed by atoms with Crippen LogP contribution in [0.2, 0.25) is 0 Å². The van der Waals surface area contributed by atoms with Crippen LogP contribution < -0.4 is 4.74 Å². The maximum Gasteiger partial charge on any atom is 0.234 e. The van der Waals surface area contributed by atoms with Crippen molar-refractivity contribution in [1.82, 2.24) is 4.90 Å². The molecule has 0 spiro atoms. The minimum absolute atomic E-state index is 0.0969. The molecule has 1 fully saturated rings. The van der Waals surface area contributed by atoms with Gasteiger partial charge >= 0.3 is 0 Å². The van der Waals surface area contributed by atoms with Crippen molar-refractivity contribution in [2.75, 3.05) is 12.9 Å². The first kappa shape index (κ1) is 15.9. The fourth-order valence-corrected chi connectivity index (χ4v) is 3.97. The third kappa shape index (κ3) is 3.53. The molecule has 1 aliphatic heterocycles. The summed E-state index contributed by atoms with van der Waals surface area (Å²) in [5.41, 5.74) is 3.61. The lowest BCUT2D eigenvalue weighted by Gasteiger charge is -2.24. The summed E-state index contributed by atoms with van der Waals surface area (Å²) >= 11 is 1.70. The fraction of sp³-hybridized carbons (Fsp3) is 0.316. The van der Waals surface area contributed by atoms with Crippen LogP contribution in [0, 0.1) is 0 Å². The molecule has 1 aliphatic rings. The monoisotopic (exact) mass is 327 g/mol. The van der Waals surface area contributed by atoms with Crippen LogP contribution in [0.25, 0.3) is 0 Å². The van der Waals surface area contributed by atoms with Crippen LogP contribution in [0.4, 0.5) is 0 Å². The van der Waals surface area contributed by atoms with Gasteiger partial charge in [0.05, 0.1) is 12.9 Å². The van der Waals surface area contributed by atoms with Gasteiger partial charge in [0.15, 0.2) is 0 Å². The lowest BCUT2D eigenvalue weighted by Crippen LogP contribution is -2.27. The first-order valence-electron chi connectivity index (χ1n) is 7.84. The molecule has 4 heteroatoms. The number of rotatable bonds is 5. The van der Waals surface area contributed by atoms with E-state index in [0.717, 1.165) is 17.7 Å². The Morgan fingerprint density at radius 3 is 2.65 bits per heavy atom. The number of nitrogens with zero attached hydrogens (tertiary/aromatic N) is 1. The van der Waals surface area contributed by atoms with Crippen molar-refractivity contribution >= 4 is 17.7 Å². The van der Waals surface area contributed by atoms with Crippen LogP contribution in [0.1, 0.15) is 29.0 Å². The Morgan fingerprint density at radius 1 is 1.17 bits per heavy atom. The Bertz CT molecular complexity index is 684. The summed E-state index contributed by atoms with van der Waals surface area (Å²) in [7, 11) is 1.66. The van der Waals surface area contributed by atoms with Gasteiger partial charge in [-0.15, -0.1) is 11.8 Å². The van der Waals surface area contributed by atoms with Crippen LogP contribution in [-0.4, -0.2) is 23.7 Å².